The third-order valence-electron chi connectivity index (χ3n) is 5.63. The third-order valence-corrected chi connectivity index (χ3v) is 5.63. The van der Waals surface area contributed by atoms with Crippen molar-refractivity contribution in [1.29, 1.82) is 0 Å². The molecule has 1 N–H and O–H groups in total. The lowest BCUT2D eigenvalue weighted by atomic mass is 9.64. The van der Waals surface area contributed by atoms with Crippen molar-refractivity contribution in [1.82, 2.24) is 0 Å². The monoisotopic (exact) mass is 182 g/mol. The molecule has 0 radical (unpaired) electrons. The van der Waals surface area contributed by atoms with Crippen molar-refractivity contribution in [2.24, 2.45) is 16.7 Å². The van der Waals surface area contributed by atoms with Crippen LogP contribution >= 0.6 is 0 Å². The van der Waals surface area contributed by atoms with E-state index in [0.29, 0.717) is 5.41 Å². The van der Waals surface area contributed by atoms with E-state index in [1.54, 1.807) is 0 Å². The fourth-order valence-corrected chi connectivity index (χ4v) is 3.95. The van der Waals surface area contributed by atoms with E-state index in [1.807, 2.05) is 0 Å². The molecular weight excluding hydrogens is 160 g/mol. The van der Waals surface area contributed by atoms with Crippen LogP contribution in [0, 0.1) is 16.7 Å². The van der Waals surface area contributed by atoms with E-state index in [9.17, 15) is 5.11 Å². The van der Waals surface area contributed by atoms with Gasteiger partial charge in [0.15, 0.2) is 0 Å². The molecule has 2 saturated carbocycles. The van der Waals surface area contributed by atoms with Crippen molar-refractivity contribution >= 4 is 0 Å². The summed E-state index contributed by atoms with van der Waals surface area (Å²) in [4.78, 5) is 0. The Hall–Kier alpha value is -0.0400. The lowest BCUT2D eigenvalue weighted by molar-refractivity contribution is -0.0914. The molecule has 1 nitrogen and oxygen atoms in total. The van der Waals surface area contributed by atoms with Crippen LogP contribution in [0.4, 0.5) is 0 Å². The van der Waals surface area contributed by atoms with Gasteiger partial charge in [0.05, 0.1) is 5.60 Å². The second-order valence-corrected chi connectivity index (χ2v) is 5.88. The Morgan fingerprint density at radius 2 is 1.92 bits per heavy atom. The van der Waals surface area contributed by atoms with Gasteiger partial charge in [0.25, 0.3) is 0 Å². The van der Waals surface area contributed by atoms with Gasteiger partial charge < -0.3 is 5.11 Å². The number of rotatable bonds is 1. The molecule has 0 heterocycles. The van der Waals surface area contributed by atoms with Crippen LogP contribution < -0.4 is 0 Å². The van der Waals surface area contributed by atoms with E-state index in [2.05, 4.69) is 27.7 Å². The van der Waals surface area contributed by atoms with Crippen LogP contribution in [0.3, 0.4) is 0 Å². The van der Waals surface area contributed by atoms with E-state index in [-0.39, 0.29) is 11.0 Å². The normalized spacial score (nSPS) is 52.8. The van der Waals surface area contributed by atoms with Gasteiger partial charge in [-0.25, -0.2) is 0 Å². The molecule has 2 fully saturated rings. The molecular formula is C12H22O. The second-order valence-electron chi connectivity index (χ2n) is 5.88. The van der Waals surface area contributed by atoms with Crippen molar-refractivity contribution in [2.75, 3.05) is 0 Å². The number of hydrogen-bond acceptors (Lipinski definition) is 1. The average Bonchev–Trinajstić information content (AvgIpc) is 2.36. The van der Waals surface area contributed by atoms with Gasteiger partial charge in [-0.1, -0.05) is 27.7 Å². The first-order valence-corrected chi connectivity index (χ1v) is 5.60. The van der Waals surface area contributed by atoms with E-state index in [4.69, 9.17) is 0 Å². The molecule has 0 saturated heterocycles. The summed E-state index contributed by atoms with van der Waals surface area (Å²) in [5.41, 5.74) is 0.136. The Morgan fingerprint density at radius 3 is 2.15 bits per heavy atom. The third kappa shape index (κ3) is 0.823. The van der Waals surface area contributed by atoms with Gasteiger partial charge in [0, 0.05) is 5.41 Å². The van der Waals surface area contributed by atoms with Crippen molar-refractivity contribution in [2.45, 2.75) is 59.0 Å². The molecule has 0 aromatic rings. The average molecular weight is 182 g/mol. The highest BCUT2D eigenvalue weighted by Gasteiger charge is 2.67. The Labute approximate surface area is 81.5 Å². The summed E-state index contributed by atoms with van der Waals surface area (Å²) in [5.74, 6) is 0.752. The Kier molecular flexibility index (Phi) is 1.69. The quantitative estimate of drug-likeness (QED) is 0.661. The second kappa shape index (κ2) is 2.31. The van der Waals surface area contributed by atoms with Crippen LogP contribution in [0.5, 0.6) is 0 Å². The van der Waals surface area contributed by atoms with Crippen LogP contribution in [0.1, 0.15) is 53.4 Å². The summed E-state index contributed by atoms with van der Waals surface area (Å²) in [6, 6.07) is 0. The first kappa shape index (κ1) is 9.51. The van der Waals surface area contributed by atoms with Gasteiger partial charge in [-0.3, -0.25) is 0 Å². The highest BCUT2D eigenvalue weighted by Crippen LogP contribution is 2.70. The SMILES string of the molecule is CCC1(O)CC2CCC1(C)C2(C)C. The predicted octanol–water partition coefficient (Wildman–Crippen LogP) is 2.97. The van der Waals surface area contributed by atoms with Crippen LogP contribution in [0.15, 0.2) is 0 Å². The molecule has 1 heteroatoms. The van der Waals surface area contributed by atoms with E-state index in [0.717, 1.165) is 18.8 Å². The molecule has 2 aliphatic carbocycles. The molecule has 0 aromatic carbocycles. The van der Waals surface area contributed by atoms with Gasteiger partial charge in [-0.2, -0.15) is 0 Å². The Balaban J connectivity index is 2.44. The van der Waals surface area contributed by atoms with E-state index >= 15 is 0 Å². The minimum Gasteiger partial charge on any atom is -0.389 e. The van der Waals surface area contributed by atoms with Gasteiger partial charge in [0.1, 0.15) is 0 Å². The fraction of sp³-hybridized carbons (Fsp3) is 1.00. The van der Waals surface area contributed by atoms with Gasteiger partial charge in [0.2, 0.25) is 0 Å². The summed E-state index contributed by atoms with van der Waals surface area (Å²) in [6.07, 6.45) is 4.50. The minimum absolute atomic E-state index is 0.166. The lowest BCUT2D eigenvalue weighted by Crippen LogP contribution is -2.46. The maximum Gasteiger partial charge on any atom is 0.0706 e. The van der Waals surface area contributed by atoms with Gasteiger partial charge in [-0.15, -0.1) is 0 Å². The maximum absolute atomic E-state index is 10.6. The molecule has 13 heavy (non-hydrogen) atoms. The highest BCUT2D eigenvalue weighted by molar-refractivity contribution is 5.17. The van der Waals surface area contributed by atoms with Crippen molar-refractivity contribution < 1.29 is 5.11 Å². The summed E-state index contributed by atoms with van der Waals surface area (Å²) >= 11 is 0. The topological polar surface area (TPSA) is 20.2 Å². The van der Waals surface area contributed by atoms with Gasteiger partial charge in [-0.05, 0) is 37.0 Å². The van der Waals surface area contributed by atoms with E-state index < -0.39 is 0 Å². The molecule has 3 atom stereocenters. The van der Waals surface area contributed by atoms with Crippen LogP contribution in [0.25, 0.3) is 0 Å². The molecule has 0 amide bonds. The Morgan fingerprint density at radius 1 is 1.31 bits per heavy atom. The summed E-state index contributed by atoms with van der Waals surface area (Å²) in [6.45, 7) is 9.11. The van der Waals surface area contributed by atoms with Crippen molar-refractivity contribution in [3.05, 3.63) is 0 Å². The van der Waals surface area contributed by atoms with Crippen molar-refractivity contribution in [3.63, 3.8) is 0 Å². The molecule has 76 valence electrons. The summed E-state index contributed by atoms with van der Waals surface area (Å²) in [7, 11) is 0. The molecule has 0 aliphatic heterocycles. The molecule has 3 unspecified atom stereocenters. The zero-order chi connectivity index (χ0) is 9.91. The maximum atomic E-state index is 10.6. The number of fused-ring (bicyclic) bond motifs is 2. The van der Waals surface area contributed by atoms with E-state index in [1.165, 1.54) is 12.8 Å². The highest BCUT2D eigenvalue weighted by atomic mass is 16.3. The first-order valence-electron chi connectivity index (χ1n) is 5.60. The predicted molar refractivity (Wildman–Crippen MR) is 54.5 cm³/mol. The molecule has 0 aromatic heterocycles. The first-order chi connectivity index (χ1) is 5.87. The van der Waals surface area contributed by atoms with Crippen molar-refractivity contribution in [3.8, 4) is 0 Å². The van der Waals surface area contributed by atoms with Gasteiger partial charge >= 0.3 is 0 Å². The van der Waals surface area contributed by atoms with Crippen LogP contribution in [0.2, 0.25) is 0 Å². The summed E-state index contributed by atoms with van der Waals surface area (Å²) in [5, 5.41) is 10.6. The van der Waals surface area contributed by atoms with Crippen LogP contribution in [-0.2, 0) is 0 Å². The minimum atomic E-state index is -0.376. The number of aliphatic hydroxyl groups is 1. The molecule has 2 aliphatic rings. The fourth-order valence-electron chi connectivity index (χ4n) is 3.95. The molecule has 0 spiro atoms. The summed E-state index contributed by atoms with van der Waals surface area (Å²) < 4.78 is 0. The smallest absolute Gasteiger partial charge is 0.0706 e. The zero-order valence-electron chi connectivity index (χ0n) is 9.35. The van der Waals surface area contributed by atoms with Crippen LogP contribution in [-0.4, -0.2) is 10.7 Å². The lowest BCUT2D eigenvalue weighted by Gasteiger charge is -2.45. The largest absolute Gasteiger partial charge is 0.389 e. The standard InChI is InChI=1S/C12H22O/c1-5-12(13)8-9-6-7-11(12,4)10(9,2)3/h9,13H,5-8H2,1-4H3. The Bertz CT molecular complexity index is 233. The number of hydrogen-bond donors (Lipinski definition) is 1. The molecule has 2 rings (SSSR count). The zero-order valence-corrected chi connectivity index (χ0v) is 9.35. The molecule has 2 bridgehead atoms.